The molecule has 4 nitrogen and oxygen atoms in total. The van der Waals surface area contributed by atoms with E-state index in [0.717, 1.165) is 51.7 Å². The summed E-state index contributed by atoms with van der Waals surface area (Å²) in [6.45, 7) is 6.21. The molecule has 2 aliphatic rings. The first kappa shape index (κ1) is 14.4. The zero-order valence-electron chi connectivity index (χ0n) is 12.2. The molecule has 0 aromatic rings. The second kappa shape index (κ2) is 6.40. The summed E-state index contributed by atoms with van der Waals surface area (Å²) >= 11 is 0. The normalized spacial score (nSPS) is 25.5. The molecule has 0 bridgehead atoms. The fraction of sp³-hybridized carbons (Fsp3) is 0.867. The molecular weight excluding hydrogens is 240 g/mol. The van der Waals surface area contributed by atoms with E-state index in [9.17, 15) is 9.59 Å². The van der Waals surface area contributed by atoms with Crippen molar-refractivity contribution in [3.05, 3.63) is 0 Å². The van der Waals surface area contributed by atoms with Crippen LogP contribution >= 0.6 is 0 Å². The highest BCUT2D eigenvalue weighted by Gasteiger charge is 2.33. The second-order valence-electron chi connectivity index (χ2n) is 5.87. The van der Waals surface area contributed by atoms with Gasteiger partial charge in [0.2, 0.25) is 11.8 Å². The van der Waals surface area contributed by atoms with Crippen LogP contribution in [0.3, 0.4) is 0 Å². The average molecular weight is 266 g/mol. The highest BCUT2D eigenvalue weighted by atomic mass is 16.2. The SMILES string of the molecule is CCC1CCCCN1C(=O)C1CCN(C(C)=O)CC1. The Hall–Kier alpha value is -1.06. The summed E-state index contributed by atoms with van der Waals surface area (Å²) in [7, 11) is 0. The van der Waals surface area contributed by atoms with E-state index in [1.165, 1.54) is 6.42 Å². The van der Waals surface area contributed by atoms with Crippen molar-refractivity contribution in [2.45, 2.75) is 58.4 Å². The second-order valence-corrected chi connectivity index (χ2v) is 5.87. The Morgan fingerprint density at radius 2 is 1.74 bits per heavy atom. The third-order valence-electron chi connectivity index (χ3n) is 4.67. The van der Waals surface area contributed by atoms with Crippen LogP contribution < -0.4 is 0 Å². The quantitative estimate of drug-likeness (QED) is 0.767. The van der Waals surface area contributed by atoms with Crippen molar-refractivity contribution in [2.24, 2.45) is 5.92 Å². The highest BCUT2D eigenvalue weighted by Crippen LogP contribution is 2.26. The molecule has 0 spiro atoms. The molecule has 0 N–H and O–H groups in total. The Bertz CT molecular complexity index is 335. The maximum Gasteiger partial charge on any atom is 0.226 e. The van der Waals surface area contributed by atoms with Gasteiger partial charge in [-0.05, 0) is 38.5 Å². The van der Waals surface area contributed by atoms with E-state index >= 15 is 0 Å². The third-order valence-corrected chi connectivity index (χ3v) is 4.67. The minimum atomic E-state index is 0.135. The average Bonchev–Trinajstić information content (AvgIpc) is 2.46. The van der Waals surface area contributed by atoms with Crippen molar-refractivity contribution in [1.82, 2.24) is 9.80 Å². The molecule has 2 aliphatic heterocycles. The maximum absolute atomic E-state index is 12.6. The Kier molecular flexibility index (Phi) is 4.83. The highest BCUT2D eigenvalue weighted by molar-refractivity contribution is 5.80. The fourth-order valence-corrected chi connectivity index (χ4v) is 3.39. The Morgan fingerprint density at radius 3 is 2.32 bits per heavy atom. The number of carbonyl (C=O) groups excluding carboxylic acids is 2. The number of amides is 2. The minimum Gasteiger partial charge on any atom is -0.343 e. The van der Waals surface area contributed by atoms with Crippen LogP contribution in [0.5, 0.6) is 0 Å². The number of nitrogens with zero attached hydrogens (tertiary/aromatic N) is 2. The summed E-state index contributed by atoms with van der Waals surface area (Å²) < 4.78 is 0. The van der Waals surface area contributed by atoms with Gasteiger partial charge < -0.3 is 9.80 Å². The van der Waals surface area contributed by atoms with Crippen LogP contribution in [0.15, 0.2) is 0 Å². The van der Waals surface area contributed by atoms with Gasteiger partial charge in [-0.25, -0.2) is 0 Å². The van der Waals surface area contributed by atoms with Gasteiger partial charge >= 0.3 is 0 Å². The van der Waals surface area contributed by atoms with E-state index in [1.807, 2.05) is 4.90 Å². The number of rotatable bonds is 2. The summed E-state index contributed by atoms with van der Waals surface area (Å²) in [6, 6.07) is 0.451. The van der Waals surface area contributed by atoms with Gasteiger partial charge in [0.25, 0.3) is 0 Å². The van der Waals surface area contributed by atoms with E-state index in [-0.39, 0.29) is 11.8 Å². The fourth-order valence-electron chi connectivity index (χ4n) is 3.39. The van der Waals surface area contributed by atoms with Crippen LogP contribution in [0.2, 0.25) is 0 Å². The van der Waals surface area contributed by atoms with Crippen LogP contribution in [0.1, 0.15) is 52.4 Å². The number of carbonyl (C=O) groups is 2. The first-order valence-electron chi connectivity index (χ1n) is 7.69. The van der Waals surface area contributed by atoms with E-state index in [1.54, 1.807) is 6.92 Å². The first-order chi connectivity index (χ1) is 9.13. The van der Waals surface area contributed by atoms with Gasteiger partial charge in [0, 0.05) is 38.5 Å². The number of hydrogen-bond acceptors (Lipinski definition) is 2. The molecule has 19 heavy (non-hydrogen) atoms. The zero-order chi connectivity index (χ0) is 13.8. The van der Waals surface area contributed by atoms with Gasteiger partial charge in [-0.1, -0.05) is 6.92 Å². The molecule has 2 saturated heterocycles. The lowest BCUT2D eigenvalue weighted by atomic mass is 9.92. The van der Waals surface area contributed by atoms with Crippen molar-refractivity contribution in [3.63, 3.8) is 0 Å². The molecule has 0 saturated carbocycles. The molecule has 2 amide bonds. The van der Waals surface area contributed by atoms with Crippen molar-refractivity contribution in [1.29, 1.82) is 0 Å². The molecule has 1 atom stereocenters. The van der Waals surface area contributed by atoms with Gasteiger partial charge in [0.05, 0.1) is 0 Å². The lowest BCUT2D eigenvalue weighted by Crippen LogP contribution is -2.49. The first-order valence-corrected chi connectivity index (χ1v) is 7.69. The molecule has 4 heteroatoms. The van der Waals surface area contributed by atoms with Gasteiger partial charge in [-0.2, -0.15) is 0 Å². The zero-order valence-corrected chi connectivity index (χ0v) is 12.2. The summed E-state index contributed by atoms with van der Waals surface area (Å²) in [5, 5.41) is 0. The molecule has 2 fully saturated rings. The Balaban J connectivity index is 1.91. The predicted octanol–water partition coefficient (Wildman–Crippen LogP) is 2.04. The van der Waals surface area contributed by atoms with Crippen molar-refractivity contribution < 1.29 is 9.59 Å². The van der Waals surface area contributed by atoms with Crippen molar-refractivity contribution in [2.75, 3.05) is 19.6 Å². The molecule has 108 valence electrons. The molecule has 0 aromatic heterocycles. The minimum absolute atomic E-state index is 0.135. The third kappa shape index (κ3) is 3.28. The lowest BCUT2D eigenvalue weighted by Gasteiger charge is -2.39. The van der Waals surface area contributed by atoms with Gasteiger partial charge in [0.15, 0.2) is 0 Å². The van der Waals surface area contributed by atoms with Crippen LogP contribution in [-0.4, -0.2) is 47.3 Å². The van der Waals surface area contributed by atoms with Gasteiger partial charge in [-0.3, -0.25) is 9.59 Å². The summed E-state index contributed by atoms with van der Waals surface area (Å²) in [6.07, 6.45) is 6.31. The molecule has 2 rings (SSSR count). The largest absolute Gasteiger partial charge is 0.343 e. The van der Waals surface area contributed by atoms with E-state index < -0.39 is 0 Å². The van der Waals surface area contributed by atoms with E-state index in [2.05, 4.69) is 11.8 Å². The molecule has 2 heterocycles. The van der Waals surface area contributed by atoms with Crippen LogP contribution in [-0.2, 0) is 9.59 Å². The monoisotopic (exact) mass is 266 g/mol. The Labute approximate surface area is 116 Å². The smallest absolute Gasteiger partial charge is 0.226 e. The van der Waals surface area contributed by atoms with Crippen molar-refractivity contribution >= 4 is 11.8 Å². The number of hydrogen-bond donors (Lipinski definition) is 0. The van der Waals surface area contributed by atoms with E-state index in [0.29, 0.717) is 11.9 Å². The topological polar surface area (TPSA) is 40.6 Å². The van der Waals surface area contributed by atoms with Crippen LogP contribution in [0.25, 0.3) is 0 Å². The van der Waals surface area contributed by atoms with Crippen LogP contribution in [0.4, 0.5) is 0 Å². The van der Waals surface area contributed by atoms with Gasteiger partial charge in [0.1, 0.15) is 0 Å². The van der Waals surface area contributed by atoms with Crippen molar-refractivity contribution in [3.8, 4) is 0 Å². The molecule has 1 unspecified atom stereocenters. The van der Waals surface area contributed by atoms with Crippen LogP contribution in [0, 0.1) is 5.92 Å². The number of likely N-dealkylation sites (tertiary alicyclic amines) is 2. The molecule has 0 aliphatic carbocycles. The molecule has 0 radical (unpaired) electrons. The molecular formula is C15H26N2O2. The summed E-state index contributed by atoms with van der Waals surface area (Å²) in [5.74, 6) is 0.618. The summed E-state index contributed by atoms with van der Waals surface area (Å²) in [4.78, 5) is 27.9. The summed E-state index contributed by atoms with van der Waals surface area (Å²) in [5.41, 5.74) is 0. The lowest BCUT2D eigenvalue weighted by molar-refractivity contribution is -0.143. The Morgan fingerprint density at radius 1 is 1.05 bits per heavy atom. The number of piperidine rings is 2. The molecule has 0 aromatic carbocycles. The van der Waals surface area contributed by atoms with Gasteiger partial charge in [-0.15, -0.1) is 0 Å². The standard InChI is InChI=1S/C15H26N2O2/c1-3-14-6-4-5-9-17(14)15(19)13-7-10-16(11-8-13)12(2)18/h13-14H,3-11H2,1-2H3. The van der Waals surface area contributed by atoms with E-state index in [4.69, 9.17) is 0 Å². The maximum atomic E-state index is 12.6. The predicted molar refractivity (Wildman–Crippen MR) is 74.6 cm³/mol.